The molecule has 0 radical (unpaired) electrons. The molecule has 24 heavy (non-hydrogen) atoms. The van der Waals surface area contributed by atoms with Gasteiger partial charge in [0.2, 0.25) is 0 Å². The van der Waals surface area contributed by atoms with E-state index in [9.17, 15) is 0 Å². The Morgan fingerprint density at radius 2 is 0.583 bits per heavy atom. The van der Waals surface area contributed by atoms with Crippen LogP contribution >= 0.6 is 0 Å². The third-order valence-electron chi connectivity index (χ3n) is 5.05. The number of fused-ring (bicyclic) bond motifs is 8. The minimum Gasteiger partial charge on any atom is -0.423 e. The SMILES string of the molecule is C1=CB2N(C=C1)B1C=CC=CN1B1C=CC=CN1B1C=CC=CN21. The van der Waals surface area contributed by atoms with Gasteiger partial charge in [-0.15, -0.1) is 0 Å². The van der Waals surface area contributed by atoms with Crippen molar-refractivity contribution in [1.82, 2.24) is 18.9 Å². The van der Waals surface area contributed by atoms with Gasteiger partial charge in [0.25, 0.3) is 0 Å². The fraction of sp³-hybridized carbons (Fsp3) is 0. The highest BCUT2D eigenvalue weighted by molar-refractivity contribution is 6.92. The van der Waals surface area contributed by atoms with Crippen molar-refractivity contribution in [2.45, 2.75) is 0 Å². The van der Waals surface area contributed by atoms with Crippen LogP contribution in [0.3, 0.4) is 0 Å². The van der Waals surface area contributed by atoms with Crippen LogP contribution < -0.4 is 0 Å². The van der Waals surface area contributed by atoms with Crippen molar-refractivity contribution in [3.05, 3.63) is 97.3 Å². The van der Waals surface area contributed by atoms with Crippen LogP contribution in [0.1, 0.15) is 0 Å². The van der Waals surface area contributed by atoms with Crippen molar-refractivity contribution in [3.63, 3.8) is 0 Å². The maximum absolute atomic E-state index is 2.42. The quantitative estimate of drug-likeness (QED) is 0.631. The lowest BCUT2D eigenvalue weighted by molar-refractivity contribution is 0.622. The molecule has 4 nitrogen and oxygen atoms in total. The molecule has 0 aromatic rings. The maximum atomic E-state index is 2.42. The Hall–Kier alpha value is -2.62. The molecule has 0 aliphatic carbocycles. The standard InChI is InChI=1S/C16H16B4N4/c1-5-13-21-17(9-1)22-14-6-2-11-19(22)24-16-8-4-12-20(24)23-15-7-3-10-18(21)23/h1-16H. The summed E-state index contributed by atoms with van der Waals surface area (Å²) in [5.74, 6) is 9.07. The van der Waals surface area contributed by atoms with E-state index in [2.05, 4.69) is 116 Å². The summed E-state index contributed by atoms with van der Waals surface area (Å²) in [5, 5.41) is 0. The van der Waals surface area contributed by atoms with Gasteiger partial charge >= 0.3 is 27.9 Å². The predicted molar refractivity (Wildman–Crippen MR) is 103 cm³/mol. The molecule has 0 saturated carbocycles. The first-order chi connectivity index (χ1) is 11.9. The van der Waals surface area contributed by atoms with E-state index in [0.29, 0.717) is 0 Å². The molecule has 0 unspecified atom stereocenters. The van der Waals surface area contributed by atoms with Gasteiger partial charge in [-0.3, -0.25) is 0 Å². The van der Waals surface area contributed by atoms with E-state index >= 15 is 0 Å². The molecule has 8 heteroatoms. The number of allylic oxidation sites excluding steroid dienone is 8. The highest BCUT2D eigenvalue weighted by atomic mass is 15.3. The molecule has 5 aliphatic heterocycles. The number of hydrogen-bond donors (Lipinski definition) is 0. The van der Waals surface area contributed by atoms with Crippen molar-refractivity contribution >= 4 is 27.9 Å². The van der Waals surface area contributed by atoms with Crippen LogP contribution in [-0.4, -0.2) is 46.8 Å². The van der Waals surface area contributed by atoms with E-state index < -0.39 is 0 Å². The summed E-state index contributed by atoms with van der Waals surface area (Å²) in [7, 11) is 0. The van der Waals surface area contributed by atoms with Crippen LogP contribution in [0.15, 0.2) is 97.3 Å². The van der Waals surface area contributed by atoms with Gasteiger partial charge in [-0.2, -0.15) is 0 Å². The molecule has 0 atom stereocenters. The van der Waals surface area contributed by atoms with Crippen LogP contribution in [0.25, 0.3) is 0 Å². The average molecular weight is 308 g/mol. The van der Waals surface area contributed by atoms with Crippen LogP contribution in [0.4, 0.5) is 0 Å². The number of nitrogens with zero attached hydrogens (tertiary/aromatic N) is 4. The van der Waals surface area contributed by atoms with E-state index in [1.165, 1.54) is 0 Å². The molecular formula is C16H16B4N4. The minimum absolute atomic E-state index is 0.185. The molecule has 0 spiro atoms. The summed E-state index contributed by atoms with van der Waals surface area (Å²) in [6.07, 6.45) is 25.9. The van der Waals surface area contributed by atoms with Crippen molar-refractivity contribution in [1.29, 1.82) is 0 Å². The molecule has 0 amide bonds. The van der Waals surface area contributed by atoms with E-state index in [1.54, 1.807) is 0 Å². The Morgan fingerprint density at radius 3 is 0.833 bits per heavy atom. The minimum atomic E-state index is 0.185. The largest absolute Gasteiger partial charge is 0.423 e. The lowest BCUT2D eigenvalue weighted by Gasteiger charge is -2.53. The van der Waals surface area contributed by atoms with Crippen LogP contribution in [0, 0.1) is 0 Å². The first kappa shape index (κ1) is 13.8. The Labute approximate surface area is 144 Å². The van der Waals surface area contributed by atoms with Gasteiger partial charge in [-0.1, -0.05) is 48.2 Å². The first-order valence-corrected chi connectivity index (χ1v) is 8.43. The normalized spacial score (nSPS) is 22.7. The third-order valence-corrected chi connectivity index (χ3v) is 5.05. The summed E-state index contributed by atoms with van der Waals surface area (Å²) in [4.78, 5) is 0. The van der Waals surface area contributed by atoms with Gasteiger partial charge in [0.15, 0.2) is 0 Å². The lowest BCUT2D eigenvalue weighted by atomic mass is 9.42. The highest BCUT2D eigenvalue weighted by Gasteiger charge is 2.49. The zero-order valence-electron chi connectivity index (χ0n) is 13.3. The molecule has 0 aromatic heterocycles. The van der Waals surface area contributed by atoms with Gasteiger partial charge in [-0.25, -0.2) is 0 Å². The summed E-state index contributed by atoms with van der Waals surface area (Å²) in [6.45, 7) is 0.741. The van der Waals surface area contributed by atoms with Crippen LogP contribution in [-0.2, 0) is 0 Å². The smallest absolute Gasteiger partial charge is 0.380 e. The monoisotopic (exact) mass is 308 g/mol. The Morgan fingerprint density at radius 1 is 0.333 bits per heavy atom. The van der Waals surface area contributed by atoms with E-state index in [-0.39, 0.29) is 27.9 Å². The van der Waals surface area contributed by atoms with Crippen molar-refractivity contribution in [2.75, 3.05) is 0 Å². The average Bonchev–Trinajstić information content (AvgIpc) is 2.67. The summed E-state index contributed by atoms with van der Waals surface area (Å²) < 4.78 is 9.67. The molecular weight excluding hydrogens is 291 g/mol. The molecule has 5 aliphatic rings. The Bertz CT molecular complexity index is 558. The topological polar surface area (TPSA) is 13.0 Å². The highest BCUT2D eigenvalue weighted by Crippen LogP contribution is 2.27. The summed E-state index contributed by atoms with van der Waals surface area (Å²) >= 11 is 0. The predicted octanol–water partition coefficient (Wildman–Crippen LogP) is 1.65. The number of hydrogen-bond acceptors (Lipinski definition) is 4. The van der Waals surface area contributed by atoms with Gasteiger partial charge in [-0.05, 0) is 49.1 Å². The second-order valence-electron chi connectivity index (χ2n) is 6.35. The van der Waals surface area contributed by atoms with Gasteiger partial charge in [0.1, 0.15) is 0 Å². The van der Waals surface area contributed by atoms with Crippen LogP contribution in [0.5, 0.6) is 0 Å². The van der Waals surface area contributed by atoms with Crippen LogP contribution in [0.2, 0.25) is 0 Å². The molecule has 1 fully saturated rings. The molecule has 112 valence electrons. The number of rotatable bonds is 0. The molecule has 5 rings (SSSR count). The summed E-state index contributed by atoms with van der Waals surface area (Å²) in [5.41, 5.74) is 0. The lowest BCUT2D eigenvalue weighted by Crippen LogP contribution is -2.73. The maximum Gasteiger partial charge on any atom is 0.380 e. The second kappa shape index (κ2) is 5.48. The van der Waals surface area contributed by atoms with Crippen molar-refractivity contribution in [3.8, 4) is 0 Å². The fourth-order valence-electron chi connectivity index (χ4n) is 3.99. The van der Waals surface area contributed by atoms with E-state index in [4.69, 9.17) is 0 Å². The fourth-order valence-corrected chi connectivity index (χ4v) is 3.99. The third kappa shape index (κ3) is 1.99. The second-order valence-corrected chi connectivity index (χ2v) is 6.35. The van der Waals surface area contributed by atoms with Gasteiger partial charge in [0.05, 0.1) is 0 Å². The van der Waals surface area contributed by atoms with Gasteiger partial charge < -0.3 is 18.9 Å². The zero-order valence-corrected chi connectivity index (χ0v) is 13.3. The van der Waals surface area contributed by atoms with E-state index in [0.717, 1.165) is 0 Å². The first-order valence-electron chi connectivity index (χ1n) is 8.43. The molecule has 0 N–H and O–H groups in total. The van der Waals surface area contributed by atoms with E-state index in [1.807, 2.05) is 0 Å². The van der Waals surface area contributed by atoms with Gasteiger partial charge in [0, 0.05) is 0 Å². The molecule has 5 heterocycles. The van der Waals surface area contributed by atoms with Crippen molar-refractivity contribution in [2.24, 2.45) is 0 Å². The Balaban J connectivity index is 1.66. The molecule has 0 bridgehead atoms. The molecule has 0 aromatic carbocycles. The van der Waals surface area contributed by atoms with Crippen molar-refractivity contribution < 1.29 is 0 Å². The molecule has 1 saturated heterocycles. The Kier molecular flexibility index (Phi) is 3.15. The zero-order chi connectivity index (χ0) is 15.9. The summed E-state index contributed by atoms with van der Waals surface area (Å²) in [6, 6.07) is 0.